The molecule has 2 aromatic heterocycles. The van der Waals surface area contributed by atoms with Crippen LogP contribution in [-0.4, -0.2) is 9.38 Å². The molecule has 0 spiro atoms. The van der Waals surface area contributed by atoms with Crippen LogP contribution in [0.4, 0.5) is 0 Å². The number of pyridine rings is 1. The van der Waals surface area contributed by atoms with Crippen molar-refractivity contribution in [3.63, 3.8) is 0 Å². The van der Waals surface area contributed by atoms with Gasteiger partial charge in [0, 0.05) is 10.7 Å². The third-order valence-corrected chi connectivity index (χ3v) is 2.65. The standard InChI is InChI=1S/C10H8BrN3/c1-6-3-8(11)5-14-7(2)9(4-12)13-10(6)14/h3,5H,1-2H3. The minimum absolute atomic E-state index is 0.492. The van der Waals surface area contributed by atoms with E-state index in [4.69, 9.17) is 5.26 Å². The summed E-state index contributed by atoms with van der Waals surface area (Å²) in [5, 5.41) is 8.84. The fraction of sp³-hybridized carbons (Fsp3) is 0.200. The zero-order valence-electron chi connectivity index (χ0n) is 7.87. The van der Waals surface area contributed by atoms with Crippen LogP contribution in [0.1, 0.15) is 17.0 Å². The fourth-order valence-corrected chi connectivity index (χ4v) is 2.04. The molecule has 0 bridgehead atoms. The van der Waals surface area contributed by atoms with E-state index in [1.807, 2.05) is 30.5 Å². The minimum atomic E-state index is 0.492. The van der Waals surface area contributed by atoms with Gasteiger partial charge in [0.15, 0.2) is 5.69 Å². The second kappa shape index (κ2) is 3.10. The van der Waals surface area contributed by atoms with Gasteiger partial charge < -0.3 is 4.40 Å². The molecule has 0 unspecified atom stereocenters. The van der Waals surface area contributed by atoms with Crippen molar-refractivity contribution in [1.29, 1.82) is 5.26 Å². The Bertz CT molecular complexity index is 548. The van der Waals surface area contributed by atoms with E-state index in [0.717, 1.165) is 21.4 Å². The Labute approximate surface area is 90.1 Å². The molecule has 0 saturated heterocycles. The summed E-state index contributed by atoms with van der Waals surface area (Å²) in [7, 11) is 0. The van der Waals surface area contributed by atoms with E-state index >= 15 is 0 Å². The maximum Gasteiger partial charge on any atom is 0.162 e. The number of fused-ring (bicyclic) bond motifs is 1. The Hall–Kier alpha value is -1.34. The zero-order valence-corrected chi connectivity index (χ0v) is 9.46. The summed E-state index contributed by atoms with van der Waals surface area (Å²) in [6, 6.07) is 4.07. The monoisotopic (exact) mass is 249 g/mol. The third-order valence-electron chi connectivity index (χ3n) is 2.22. The van der Waals surface area contributed by atoms with Crippen molar-refractivity contribution in [2.24, 2.45) is 0 Å². The van der Waals surface area contributed by atoms with Crippen molar-refractivity contribution < 1.29 is 0 Å². The normalized spacial score (nSPS) is 10.4. The third kappa shape index (κ3) is 1.21. The number of aromatic nitrogens is 2. The lowest BCUT2D eigenvalue weighted by Crippen LogP contribution is -1.90. The van der Waals surface area contributed by atoms with Crippen molar-refractivity contribution in [2.75, 3.05) is 0 Å². The molecular formula is C10H8BrN3. The molecule has 0 radical (unpaired) electrons. The van der Waals surface area contributed by atoms with Gasteiger partial charge in [0.05, 0.1) is 5.69 Å². The van der Waals surface area contributed by atoms with Crippen LogP contribution in [0.15, 0.2) is 16.7 Å². The van der Waals surface area contributed by atoms with E-state index in [-0.39, 0.29) is 0 Å². The SMILES string of the molecule is Cc1cc(Br)cn2c(C)c(C#N)nc12. The predicted molar refractivity (Wildman–Crippen MR) is 57.1 cm³/mol. The summed E-state index contributed by atoms with van der Waals surface area (Å²) in [5.41, 5.74) is 3.28. The van der Waals surface area contributed by atoms with Crippen molar-refractivity contribution in [3.05, 3.63) is 33.7 Å². The van der Waals surface area contributed by atoms with E-state index in [1.54, 1.807) is 0 Å². The van der Waals surface area contributed by atoms with Gasteiger partial charge in [-0.15, -0.1) is 0 Å². The lowest BCUT2D eigenvalue weighted by atomic mass is 10.3. The fourth-order valence-electron chi connectivity index (χ4n) is 1.49. The molecule has 0 amide bonds. The summed E-state index contributed by atoms with van der Waals surface area (Å²) in [6.45, 7) is 3.87. The minimum Gasteiger partial charge on any atom is -0.302 e. The Kier molecular flexibility index (Phi) is 2.05. The van der Waals surface area contributed by atoms with Gasteiger partial charge in [0.2, 0.25) is 0 Å². The molecule has 0 fully saturated rings. The highest BCUT2D eigenvalue weighted by atomic mass is 79.9. The molecule has 2 heterocycles. The second-order valence-corrected chi connectivity index (χ2v) is 4.11. The van der Waals surface area contributed by atoms with Crippen LogP contribution in [0.3, 0.4) is 0 Å². The summed E-state index contributed by atoms with van der Waals surface area (Å²) >= 11 is 3.42. The van der Waals surface area contributed by atoms with Gasteiger partial charge in [0.25, 0.3) is 0 Å². The average Bonchev–Trinajstić information content (AvgIpc) is 2.44. The molecule has 70 valence electrons. The van der Waals surface area contributed by atoms with Crippen molar-refractivity contribution >= 4 is 21.6 Å². The summed E-state index contributed by atoms with van der Waals surface area (Å²) in [5.74, 6) is 0. The largest absolute Gasteiger partial charge is 0.302 e. The molecule has 0 aliphatic carbocycles. The molecule has 2 aromatic rings. The number of halogens is 1. The first kappa shape index (κ1) is 9.22. The molecule has 0 N–H and O–H groups in total. The van der Waals surface area contributed by atoms with Gasteiger partial charge in [-0.25, -0.2) is 4.98 Å². The molecule has 0 aliphatic heterocycles. The highest BCUT2D eigenvalue weighted by molar-refractivity contribution is 9.10. The molecular weight excluding hydrogens is 242 g/mol. The smallest absolute Gasteiger partial charge is 0.162 e. The lowest BCUT2D eigenvalue weighted by Gasteiger charge is -2.00. The van der Waals surface area contributed by atoms with Crippen molar-refractivity contribution in [3.8, 4) is 6.07 Å². The molecule has 4 heteroatoms. The van der Waals surface area contributed by atoms with E-state index < -0.39 is 0 Å². The van der Waals surface area contributed by atoms with Crippen LogP contribution >= 0.6 is 15.9 Å². The van der Waals surface area contributed by atoms with Gasteiger partial charge in [-0.1, -0.05) is 0 Å². The summed E-state index contributed by atoms with van der Waals surface area (Å²) in [6.07, 6.45) is 1.92. The lowest BCUT2D eigenvalue weighted by molar-refractivity contribution is 1.09. The molecule has 3 nitrogen and oxygen atoms in total. The Morgan fingerprint density at radius 1 is 1.50 bits per heavy atom. The Morgan fingerprint density at radius 3 is 2.86 bits per heavy atom. The van der Waals surface area contributed by atoms with Gasteiger partial charge in [-0.3, -0.25) is 0 Å². The first-order valence-electron chi connectivity index (χ1n) is 4.18. The predicted octanol–water partition coefficient (Wildman–Crippen LogP) is 2.59. The first-order valence-corrected chi connectivity index (χ1v) is 4.97. The van der Waals surface area contributed by atoms with Crippen molar-refractivity contribution in [2.45, 2.75) is 13.8 Å². The first-order chi connectivity index (χ1) is 6.63. The van der Waals surface area contributed by atoms with Crippen LogP contribution in [0.5, 0.6) is 0 Å². The highest BCUT2D eigenvalue weighted by Gasteiger charge is 2.09. The zero-order chi connectivity index (χ0) is 10.3. The van der Waals surface area contributed by atoms with Gasteiger partial charge in [-0.2, -0.15) is 5.26 Å². The van der Waals surface area contributed by atoms with Gasteiger partial charge >= 0.3 is 0 Å². The van der Waals surface area contributed by atoms with Crippen LogP contribution < -0.4 is 0 Å². The van der Waals surface area contributed by atoms with Crippen LogP contribution in [0.25, 0.3) is 5.65 Å². The number of hydrogen-bond acceptors (Lipinski definition) is 2. The van der Waals surface area contributed by atoms with Crippen LogP contribution in [0.2, 0.25) is 0 Å². The number of nitrogens with zero attached hydrogens (tertiary/aromatic N) is 3. The maximum atomic E-state index is 8.84. The highest BCUT2D eigenvalue weighted by Crippen LogP contribution is 2.19. The van der Waals surface area contributed by atoms with Crippen LogP contribution in [0, 0.1) is 25.2 Å². The van der Waals surface area contributed by atoms with E-state index in [2.05, 4.69) is 27.0 Å². The van der Waals surface area contributed by atoms with Gasteiger partial charge in [0.1, 0.15) is 11.7 Å². The molecule has 14 heavy (non-hydrogen) atoms. The van der Waals surface area contributed by atoms with Crippen molar-refractivity contribution in [1.82, 2.24) is 9.38 Å². The summed E-state index contributed by atoms with van der Waals surface area (Å²) < 4.78 is 2.92. The maximum absolute atomic E-state index is 8.84. The molecule has 0 atom stereocenters. The number of nitriles is 1. The van der Waals surface area contributed by atoms with E-state index in [1.165, 1.54) is 0 Å². The number of hydrogen-bond donors (Lipinski definition) is 0. The number of rotatable bonds is 0. The average molecular weight is 250 g/mol. The number of aryl methyl sites for hydroxylation is 2. The second-order valence-electron chi connectivity index (χ2n) is 3.19. The Balaban J connectivity index is 2.94. The quantitative estimate of drug-likeness (QED) is 0.721. The molecule has 0 aromatic carbocycles. The topological polar surface area (TPSA) is 41.1 Å². The molecule has 0 aliphatic rings. The Morgan fingerprint density at radius 2 is 2.21 bits per heavy atom. The van der Waals surface area contributed by atoms with E-state index in [0.29, 0.717) is 5.69 Å². The van der Waals surface area contributed by atoms with Gasteiger partial charge in [-0.05, 0) is 41.4 Å². The van der Waals surface area contributed by atoms with E-state index in [9.17, 15) is 0 Å². The summed E-state index contributed by atoms with van der Waals surface area (Å²) in [4.78, 5) is 4.25. The van der Waals surface area contributed by atoms with Crippen LogP contribution in [-0.2, 0) is 0 Å². The molecule has 2 rings (SSSR count). The molecule has 0 saturated carbocycles. The number of imidazole rings is 1.